The minimum Gasteiger partial charge on any atom is -0.381 e. The second-order valence-electron chi connectivity index (χ2n) is 5.82. The fraction of sp³-hybridized carbons (Fsp3) is 0.300. The van der Waals surface area contributed by atoms with E-state index >= 15 is 0 Å². The van der Waals surface area contributed by atoms with E-state index in [4.69, 9.17) is 0 Å². The Morgan fingerprint density at radius 2 is 2.25 bits per heavy atom. The molecule has 126 valence electrons. The van der Waals surface area contributed by atoms with Gasteiger partial charge in [-0.05, 0) is 56.6 Å². The highest BCUT2D eigenvalue weighted by Gasteiger charge is 2.19. The van der Waals surface area contributed by atoms with E-state index in [0.717, 1.165) is 22.4 Å². The molecule has 0 aromatic rings. The van der Waals surface area contributed by atoms with Crippen molar-refractivity contribution in [1.82, 2.24) is 5.32 Å². The van der Waals surface area contributed by atoms with Crippen molar-refractivity contribution in [3.63, 3.8) is 0 Å². The Morgan fingerprint density at radius 1 is 1.46 bits per heavy atom. The third-order valence-corrected chi connectivity index (χ3v) is 3.97. The predicted octanol–water partition coefficient (Wildman–Crippen LogP) is 4.59. The molecule has 2 aliphatic rings. The topological polar surface area (TPSA) is 36.8 Å². The van der Waals surface area contributed by atoms with Gasteiger partial charge in [0.2, 0.25) is 0 Å². The first-order valence-electron chi connectivity index (χ1n) is 8.12. The average Bonchev–Trinajstić information content (AvgIpc) is 2.57. The van der Waals surface area contributed by atoms with Crippen LogP contribution in [0.25, 0.3) is 0 Å². The summed E-state index contributed by atoms with van der Waals surface area (Å²) in [6.45, 7) is 10.3. The summed E-state index contributed by atoms with van der Waals surface area (Å²) < 4.78 is 14.5. The molecule has 1 aliphatic carbocycles. The molecule has 0 saturated heterocycles. The Hall–Kier alpha value is -2.49. The zero-order chi connectivity index (χ0) is 17.5. The molecule has 0 saturated carbocycles. The molecule has 1 heterocycles. The van der Waals surface area contributed by atoms with E-state index in [-0.39, 0.29) is 11.9 Å². The lowest BCUT2D eigenvalue weighted by Crippen LogP contribution is -2.30. The molecule has 3 nitrogen and oxygen atoms in total. The summed E-state index contributed by atoms with van der Waals surface area (Å²) in [4.78, 5) is 8.42. The Kier molecular flexibility index (Phi) is 6.24. The van der Waals surface area contributed by atoms with Crippen LogP contribution in [-0.4, -0.2) is 25.0 Å². The number of hydrogen-bond acceptors (Lipinski definition) is 3. The Labute approximate surface area is 143 Å². The van der Waals surface area contributed by atoms with Gasteiger partial charge in [0.15, 0.2) is 0 Å². The maximum absolute atomic E-state index is 14.5. The van der Waals surface area contributed by atoms with Crippen LogP contribution in [0.5, 0.6) is 0 Å². The quantitative estimate of drug-likeness (QED) is 0.757. The van der Waals surface area contributed by atoms with Crippen molar-refractivity contribution in [1.29, 1.82) is 0 Å². The zero-order valence-corrected chi connectivity index (χ0v) is 14.5. The van der Waals surface area contributed by atoms with E-state index in [1.165, 1.54) is 6.20 Å². The molecule has 1 aliphatic heterocycles. The van der Waals surface area contributed by atoms with Crippen LogP contribution >= 0.6 is 0 Å². The summed E-state index contributed by atoms with van der Waals surface area (Å²) in [6.07, 6.45) is 12.8. The standard InChI is InChI=1S/C20H24FN3/c1-5-20-15(4)18(13-23-12-14(3)24-20)17-11-16(7-8-19(17)21)9-10-22-6-2/h5-6,8-11,13-14,24H,2,7,12H2,1,3-4H3/b16-9+,18-15?,20-5-,22-10?,23-13?. The molecule has 0 fully saturated rings. The lowest BCUT2D eigenvalue weighted by atomic mass is 9.91. The van der Waals surface area contributed by atoms with Crippen LogP contribution in [0.3, 0.4) is 0 Å². The summed E-state index contributed by atoms with van der Waals surface area (Å²) in [5.74, 6) is -0.210. The van der Waals surface area contributed by atoms with Crippen LogP contribution in [0.15, 0.2) is 80.9 Å². The van der Waals surface area contributed by atoms with Gasteiger partial charge in [-0.15, -0.1) is 0 Å². The minimum atomic E-state index is -0.210. The van der Waals surface area contributed by atoms with Crippen molar-refractivity contribution in [2.45, 2.75) is 33.2 Å². The molecular formula is C20H24FN3. The number of halogens is 1. The molecule has 1 atom stereocenters. The Balaban J connectivity index is 2.48. The largest absolute Gasteiger partial charge is 0.381 e. The molecule has 0 aromatic heterocycles. The van der Waals surface area contributed by atoms with Gasteiger partial charge in [0.05, 0.1) is 6.54 Å². The lowest BCUT2D eigenvalue weighted by Gasteiger charge is -2.23. The van der Waals surface area contributed by atoms with Gasteiger partial charge >= 0.3 is 0 Å². The highest BCUT2D eigenvalue weighted by Crippen LogP contribution is 2.31. The van der Waals surface area contributed by atoms with Crippen molar-refractivity contribution in [2.24, 2.45) is 9.98 Å². The zero-order valence-electron chi connectivity index (χ0n) is 14.5. The fourth-order valence-corrected chi connectivity index (χ4v) is 2.69. The van der Waals surface area contributed by atoms with Crippen LogP contribution in [0.2, 0.25) is 0 Å². The number of allylic oxidation sites excluding steroid dienone is 9. The second-order valence-corrected chi connectivity index (χ2v) is 5.82. The number of aliphatic imine (C=N–C) groups is 2. The second kappa shape index (κ2) is 8.39. The smallest absolute Gasteiger partial charge is 0.127 e. The van der Waals surface area contributed by atoms with Crippen LogP contribution in [-0.2, 0) is 0 Å². The first-order valence-corrected chi connectivity index (χ1v) is 8.12. The van der Waals surface area contributed by atoms with E-state index in [9.17, 15) is 4.39 Å². The molecule has 0 amide bonds. The third-order valence-electron chi connectivity index (χ3n) is 3.97. The SMILES string of the molecule is C=CN=C/C=C1/C=C(C2=C(C)/C(=C/C)NC(C)CN=C2)C(F)=CC1. The summed E-state index contributed by atoms with van der Waals surface area (Å²) in [5, 5.41) is 3.43. The van der Waals surface area contributed by atoms with Gasteiger partial charge in [-0.2, -0.15) is 0 Å². The summed E-state index contributed by atoms with van der Waals surface area (Å²) in [5.41, 5.74) is 4.38. The van der Waals surface area contributed by atoms with Crippen molar-refractivity contribution in [3.8, 4) is 0 Å². The predicted molar refractivity (Wildman–Crippen MR) is 101 cm³/mol. The molecule has 2 rings (SSSR count). The maximum Gasteiger partial charge on any atom is 0.127 e. The van der Waals surface area contributed by atoms with Gasteiger partial charge in [-0.25, -0.2) is 4.39 Å². The Morgan fingerprint density at radius 3 is 2.96 bits per heavy atom. The monoisotopic (exact) mass is 325 g/mol. The van der Waals surface area contributed by atoms with E-state index in [0.29, 0.717) is 18.5 Å². The molecule has 1 unspecified atom stereocenters. The number of nitrogens with one attached hydrogen (secondary N) is 1. The molecule has 0 aromatic carbocycles. The molecule has 24 heavy (non-hydrogen) atoms. The van der Waals surface area contributed by atoms with Gasteiger partial charge in [0.25, 0.3) is 0 Å². The van der Waals surface area contributed by atoms with E-state index in [1.54, 1.807) is 18.5 Å². The number of hydrogen-bond donors (Lipinski definition) is 1. The molecular weight excluding hydrogens is 301 g/mol. The van der Waals surface area contributed by atoms with E-state index in [2.05, 4.69) is 28.8 Å². The summed E-state index contributed by atoms with van der Waals surface area (Å²) in [6, 6.07) is 0.246. The summed E-state index contributed by atoms with van der Waals surface area (Å²) >= 11 is 0. The van der Waals surface area contributed by atoms with Crippen molar-refractivity contribution in [2.75, 3.05) is 6.54 Å². The van der Waals surface area contributed by atoms with Crippen LogP contribution in [0.1, 0.15) is 27.2 Å². The van der Waals surface area contributed by atoms with Gasteiger partial charge in [-0.1, -0.05) is 12.7 Å². The molecule has 0 spiro atoms. The molecule has 1 N–H and O–H groups in total. The van der Waals surface area contributed by atoms with Gasteiger partial charge in [0, 0.05) is 41.5 Å². The Bertz CT molecular complexity index is 715. The van der Waals surface area contributed by atoms with Gasteiger partial charge < -0.3 is 5.32 Å². The number of nitrogens with zero attached hydrogens (tertiary/aromatic N) is 2. The number of rotatable bonds is 3. The van der Waals surface area contributed by atoms with E-state index < -0.39 is 0 Å². The maximum atomic E-state index is 14.5. The highest BCUT2D eigenvalue weighted by molar-refractivity contribution is 5.89. The third kappa shape index (κ3) is 4.28. The van der Waals surface area contributed by atoms with Crippen LogP contribution in [0, 0.1) is 0 Å². The summed E-state index contributed by atoms with van der Waals surface area (Å²) in [7, 11) is 0. The van der Waals surface area contributed by atoms with Gasteiger partial charge in [-0.3, -0.25) is 9.98 Å². The van der Waals surface area contributed by atoms with Crippen molar-refractivity contribution >= 4 is 12.4 Å². The van der Waals surface area contributed by atoms with Crippen molar-refractivity contribution < 1.29 is 4.39 Å². The highest BCUT2D eigenvalue weighted by atomic mass is 19.1. The first-order chi connectivity index (χ1) is 11.6. The molecule has 0 radical (unpaired) electrons. The van der Waals surface area contributed by atoms with Crippen molar-refractivity contribution in [3.05, 3.63) is 70.9 Å². The minimum absolute atomic E-state index is 0.210. The normalized spacial score (nSPS) is 25.4. The molecule has 4 heteroatoms. The van der Waals surface area contributed by atoms with E-state index in [1.807, 2.05) is 32.1 Å². The first kappa shape index (κ1) is 17.9. The van der Waals surface area contributed by atoms with Gasteiger partial charge in [0.1, 0.15) is 5.83 Å². The average molecular weight is 325 g/mol. The molecule has 0 bridgehead atoms. The lowest BCUT2D eigenvalue weighted by molar-refractivity contribution is 0.623. The van der Waals surface area contributed by atoms with Crippen LogP contribution in [0.4, 0.5) is 4.39 Å². The van der Waals surface area contributed by atoms with Crippen LogP contribution < -0.4 is 5.32 Å². The fourth-order valence-electron chi connectivity index (χ4n) is 2.69.